The molecular weight excluding hydrogens is 761 g/mol. The van der Waals surface area contributed by atoms with Crippen LogP contribution < -0.4 is 9.80 Å². The third-order valence-electron chi connectivity index (χ3n) is 11.4. The molecule has 0 N–H and O–H groups in total. The molecule has 0 aromatic heterocycles. The molecule has 0 unspecified atom stereocenters. The van der Waals surface area contributed by atoms with Crippen LogP contribution in [-0.2, 0) is 0 Å². The Hall–Kier alpha value is -8.20. The van der Waals surface area contributed by atoms with Crippen LogP contribution in [0.1, 0.15) is 12.5 Å². The Labute approximate surface area is 372 Å². The summed E-state index contributed by atoms with van der Waals surface area (Å²) in [5.41, 5.74) is 18.2. The molecule has 0 saturated heterocycles. The van der Waals surface area contributed by atoms with Crippen molar-refractivity contribution >= 4 is 39.7 Å². The Morgan fingerprint density at radius 2 is 0.698 bits per heavy atom. The van der Waals surface area contributed by atoms with E-state index in [1.807, 2.05) is 12.2 Å². The van der Waals surface area contributed by atoms with Gasteiger partial charge in [-0.2, -0.15) is 0 Å². The van der Waals surface area contributed by atoms with Gasteiger partial charge < -0.3 is 9.80 Å². The first-order valence-electron chi connectivity index (χ1n) is 21.5. The van der Waals surface area contributed by atoms with Gasteiger partial charge in [0.05, 0.1) is 0 Å². The third kappa shape index (κ3) is 9.12. The molecule has 0 amide bonds. The zero-order chi connectivity index (χ0) is 42.8. The minimum Gasteiger partial charge on any atom is -0.310 e. The summed E-state index contributed by atoms with van der Waals surface area (Å²) in [4.78, 5) is 4.68. The molecule has 9 rings (SSSR count). The first-order valence-corrected chi connectivity index (χ1v) is 21.5. The molecule has 0 atom stereocenters. The average Bonchev–Trinajstić information content (AvgIpc) is 3.36. The summed E-state index contributed by atoms with van der Waals surface area (Å²) in [6.07, 6.45) is 8.02. The van der Waals surface area contributed by atoms with Crippen LogP contribution in [0.4, 0.5) is 34.1 Å². The fourth-order valence-corrected chi connectivity index (χ4v) is 8.20. The van der Waals surface area contributed by atoms with Gasteiger partial charge in [0.2, 0.25) is 0 Å². The summed E-state index contributed by atoms with van der Waals surface area (Å²) in [7, 11) is 0. The molecule has 302 valence electrons. The molecule has 0 bridgehead atoms. The molecule has 63 heavy (non-hydrogen) atoms. The maximum atomic E-state index is 3.91. The highest BCUT2D eigenvalue weighted by molar-refractivity contribution is 5.89. The zero-order valence-corrected chi connectivity index (χ0v) is 35.4. The minimum atomic E-state index is 1.07. The van der Waals surface area contributed by atoms with Gasteiger partial charge in [-0.3, -0.25) is 0 Å². The fraction of sp³-hybridized carbons (Fsp3) is 0.0164. The van der Waals surface area contributed by atoms with Crippen molar-refractivity contribution in [2.45, 2.75) is 6.92 Å². The summed E-state index contributed by atoms with van der Waals surface area (Å²) in [6.45, 7) is 6.10. The van der Waals surface area contributed by atoms with E-state index in [0.29, 0.717) is 0 Å². The summed E-state index contributed by atoms with van der Waals surface area (Å²) >= 11 is 0. The highest BCUT2D eigenvalue weighted by atomic mass is 15.1. The summed E-state index contributed by atoms with van der Waals surface area (Å²) < 4.78 is 0. The van der Waals surface area contributed by atoms with Gasteiger partial charge in [0.1, 0.15) is 0 Å². The highest BCUT2D eigenvalue weighted by Gasteiger charge is 2.18. The van der Waals surface area contributed by atoms with Crippen molar-refractivity contribution in [1.29, 1.82) is 0 Å². The molecule has 0 aliphatic carbocycles. The Morgan fingerprint density at radius 1 is 0.333 bits per heavy atom. The Bertz CT molecular complexity index is 2890. The first-order chi connectivity index (χ1) is 31.1. The van der Waals surface area contributed by atoms with Crippen LogP contribution in [0.25, 0.3) is 50.1 Å². The maximum absolute atomic E-state index is 3.91. The van der Waals surface area contributed by atoms with Crippen molar-refractivity contribution in [2.75, 3.05) is 9.80 Å². The second kappa shape index (κ2) is 19.0. The van der Waals surface area contributed by atoms with Crippen molar-refractivity contribution in [3.8, 4) is 44.5 Å². The molecule has 9 aromatic carbocycles. The molecule has 0 saturated carbocycles. The van der Waals surface area contributed by atoms with E-state index in [2.05, 4.69) is 272 Å². The zero-order valence-electron chi connectivity index (χ0n) is 35.4. The van der Waals surface area contributed by atoms with E-state index in [4.69, 9.17) is 0 Å². The van der Waals surface area contributed by atoms with Gasteiger partial charge in [-0.05, 0) is 135 Å². The molecule has 9 aromatic rings. The lowest BCUT2D eigenvalue weighted by atomic mass is 9.93. The Morgan fingerprint density at radius 3 is 1.19 bits per heavy atom. The second-order valence-electron chi connectivity index (χ2n) is 15.5. The lowest BCUT2D eigenvalue weighted by molar-refractivity contribution is 1.28. The smallest absolute Gasteiger partial charge is 0.0468 e. The second-order valence-corrected chi connectivity index (χ2v) is 15.5. The van der Waals surface area contributed by atoms with Crippen LogP contribution in [-0.4, -0.2) is 0 Å². The lowest BCUT2D eigenvalue weighted by Crippen LogP contribution is -2.10. The monoisotopic (exact) mass is 808 g/mol. The van der Waals surface area contributed by atoms with Crippen LogP contribution in [0.15, 0.2) is 267 Å². The maximum Gasteiger partial charge on any atom is 0.0468 e. The first kappa shape index (κ1) is 40.2. The quantitative estimate of drug-likeness (QED) is 0.107. The van der Waals surface area contributed by atoms with E-state index < -0.39 is 0 Å². The van der Waals surface area contributed by atoms with E-state index in [1.165, 1.54) is 33.4 Å². The third-order valence-corrected chi connectivity index (χ3v) is 11.4. The number of nitrogens with zero attached hydrogens (tertiary/aromatic N) is 2. The van der Waals surface area contributed by atoms with Gasteiger partial charge in [-0.1, -0.05) is 195 Å². The standard InChI is InChI=1S/C61H48N2/c1-3-4-9-19-46(2)61-45-59(63(55-36-30-50(31-37-55)47-20-10-5-11-21-47)56-38-32-51(33-39-56)48-22-12-6-13-23-48)42-43-60(61)52-34-40-57(41-35-52)62(54-27-16-8-17-28-54)58-29-18-26-53(44-58)49-24-14-7-15-25-49/h3-45H,1H2,2H3/b9-4-,46-19+. The van der Waals surface area contributed by atoms with Gasteiger partial charge in [-0.15, -0.1) is 0 Å². The van der Waals surface area contributed by atoms with Crippen LogP contribution >= 0.6 is 0 Å². The Balaban J connectivity index is 1.13. The lowest BCUT2D eigenvalue weighted by Gasteiger charge is -2.28. The van der Waals surface area contributed by atoms with Crippen molar-refractivity contribution in [1.82, 2.24) is 0 Å². The number of anilines is 6. The van der Waals surface area contributed by atoms with Gasteiger partial charge in [-0.25, -0.2) is 0 Å². The topological polar surface area (TPSA) is 6.48 Å². The number of allylic oxidation sites excluding steroid dienone is 5. The molecular formula is C61H48N2. The van der Waals surface area contributed by atoms with E-state index >= 15 is 0 Å². The molecule has 0 aliphatic heterocycles. The summed E-state index contributed by atoms with van der Waals surface area (Å²) in [5, 5.41) is 0. The number of rotatable bonds is 13. The van der Waals surface area contributed by atoms with Crippen molar-refractivity contribution in [3.05, 3.63) is 273 Å². The molecule has 0 radical (unpaired) electrons. The number of hydrogen-bond donors (Lipinski definition) is 0. The molecule has 2 heteroatoms. The molecule has 0 spiro atoms. The van der Waals surface area contributed by atoms with Gasteiger partial charge >= 0.3 is 0 Å². The molecule has 2 nitrogen and oxygen atoms in total. The molecule has 0 fully saturated rings. The predicted molar refractivity (Wildman–Crippen MR) is 271 cm³/mol. The number of para-hydroxylation sites is 1. The van der Waals surface area contributed by atoms with Crippen LogP contribution in [0, 0.1) is 0 Å². The highest BCUT2D eigenvalue weighted by Crippen LogP contribution is 2.42. The minimum absolute atomic E-state index is 1.07. The number of hydrogen-bond acceptors (Lipinski definition) is 2. The van der Waals surface area contributed by atoms with Gasteiger partial charge in [0.15, 0.2) is 0 Å². The summed E-state index contributed by atoms with van der Waals surface area (Å²) in [6, 6.07) is 84.6. The fourth-order valence-electron chi connectivity index (χ4n) is 8.20. The summed E-state index contributed by atoms with van der Waals surface area (Å²) in [5.74, 6) is 0. The number of benzene rings is 9. The van der Waals surface area contributed by atoms with Crippen molar-refractivity contribution < 1.29 is 0 Å². The SMILES string of the molecule is C=C/C=C\C=C(/C)c1cc(N(c2ccc(-c3ccccc3)cc2)c2ccc(-c3ccccc3)cc2)ccc1-c1ccc(N(c2ccccc2)c2cccc(-c3ccccc3)c2)cc1. The molecule has 0 heterocycles. The van der Waals surface area contributed by atoms with Gasteiger partial charge in [0.25, 0.3) is 0 Å². The van der Waals surface area contributed by atoms with E-state index in [-0.39, 0.29) is 0 Å². The van der Waals surface area contributed by atoms with Crippen molar-refractivity contribution in [2.24, 2.45) is 0 Å². The normalized spacial score (nSPS) is 11.3. The van der Waals surface area contributed by atoms with Gasteiger partial charge in [0, 0.05) is 34.1 Å². The van der Waals surface area contributed by atoms with Crippen LogP contribution in [0.5, 0.6) is 0 Å². The largest absolute Gasteiger partial charge is 0.310 e. The Kier molecular flexibility index (Phi) is 12.1. The van der Waals surface area contributed by atoms with E-state index in [0.717, 1.165) is 56.4 Å². The average molecular weight is 809 g/mol. The van der Waals surface area contributed by atoms with E-state index in [1.54, 1.807) is 0 Å². The predicted octanol–water partition coefficient (Wildman–Crippen LogP) is 17.4. The van der Waals surface area contributed by atoms with Crippen LogP contribution in [0.3, 0.4) is 0 Å². The molecule has 0 aliphatic rings. The van der Waals surface area contributed by atoms with Crippen LogP contribution in [0.2, 0.25) is 0 Å². The van der Waals surface area contributed by atoms with Crippen molar-refractivity contribution in [3.63, 3.8) is 0 Å². The van der Waals surface area contributed by atoms with E-state index in [9.17, 15) is 0 Å².